The summed E-state index contributed by atoms with van der Waals surface area (Å²) in [5.41, 5.74) is 0.859. The summed E-state index contributed by atoms with van der Waals surface area (Å²) < 4.78 is 5.53. The van der Waals surface area contributed by atoms with Gasteiger partial charge in [-0.1, -0.05) is 12.1 Å². The number of hydrogen-bond donors (Lipinski definition) is 0. The Kier molecular flexibility index (Phi) is 5.18. The number of rotatable bonds is 6. The smallest absolute Gasteiger partial charge is 0.281 e. The molecule has 2 aromatic heterocycles. The lowest BCUT2D eigenvalue weighted by molar-refractivity contribution is -0.384. The molecule has 0 spiro atoms. The number of hydrazone groups is 1. The molecule has 1 unspecified atom stereocenters. The Morgan fingerprint density at radius 3 is 2.57 bits per heavy atom. The predicted molar refractivity (Wildman–Crippen MR) is 108 cm³/mol. The topological polar surface area (TPSA) is 85.0 Å². The Morgan fingerprint density at radius 2 is 1.93 bits per heavy atom. The lowest BCUT2D eigenvalue weighted by Crippen LogP contribution is -2.31. The van der Waals surface area contributed by atoms with E-state index in [1.54, 1.807) is 22.7 Å². The summed E-state index contributed by atoms with van der Waals surface area (Å²) in [6.07, 6.45) is 0.657. The van der Waals surface area contributed by atoms with E-state index in [1.807, 2.05) is 35.0 Å². The summed E-state index contributed by atoms with van der Waals surface area (Å²) in [6.45, 7) is -0.194. The molecule has 1 aliphatic heterocycles. The molecule has 0 saturated heterocycles. The van der Waals surface area contributed by atoms with Crippen molar-refractivity contribution in [3.05, 3.63) is 79.2 Å². The van der Waals surface area contributed by atoms with Gasteiger partial charge in [0.1, 0.15) is 5.75 Å². The molecule has 0 saturated carbocycles. The third-order valence-electron chi connectivity index (χ3n) is 4.25. The van der Waals surface area contributed by atoms with Gasteiger partial charge in [-0.15, -0.1) is 22.7 Å². The molecule has 28 heavy (non-hydrogen) atoms. The first-order valence-corrected chi connectivity index (χ1v) is 10.2. The molecule has 0 N–H and O–H groups in total. The molecule has 0 fully saturated rings. The SMILES string of the molecule is O=C(COc1ccc([N+](=O)[O-])cc1)N1N=C(c2cccs2)CC1c1cccs1. The maximum atomic E-state index is 12.8. The zero-order valence-corrected chi connectivity index (χ0v) is 16.2. The number of nitro groups is 1. The number of nitrogens with zero attached hydrogens (tertiary/aromatic N) is 3. The summed E-state index contributed by atoms with van der Waals surface area (Å²) in [5.74, 6) is 0.136. The number of hydrogen-bond acceptors (Lipinski definition) is 7. The first kappa shape index (κ1) is 18.3. The highest BCUT2D eigenvalue weighted by molar-refractivity contribution is 7.12. The minimum atomic E-state index is -0.481. The second-order valence-corrected chi connectivity index (χ2v) is 7.96. The summed E-state index contributed by atoms with van der Waals surface area (Å²) in [4.78, 5) is 25.2. The summed E-state index contributed by atoms with van der Waals surface area (Å²) >= 11 is 3.19. The van der Waals surface area contributed by atoms with Gasteiger partial charge in [0.2, 0.25) is 0 Å². The van der Waals surface area contributed by atoms with Gasteiger partial charge in [0.05, 0.1) is 21.6 Å². The van der Waals surface area contributed by atoms with Gasteiger partial charge < -0.3 is 4.74 Å². The number of thiophene rings is 2. The van der Waals surface area contributed by atoms with Crippen molar-refractivity contribution in [3.63, 3.8) is 0 Å². The summed E-state index contributed by atoms with van der Waals surface area (Å²) in [7, 11) is 0. The summed E-state index contributed by atoms with van der Waals surface area (Å²) in [5, 5.41) is 20.7. The van der Waals surface area contributed by atoms with Crippen LogP contribution < -0.4 is 4.74 Å². The fraction of sp³-hybridized carbons (Fsp3) is 0.158. The number of benzene rings is 1. The Hall–Kier alpha value is -3.04. The van der Waals surface area contributed by atoms with Crippen molar-refractivity contribution in [1.29, 1.82) is 0 Å². The van der Waals surface area contributed by atoms with Crippen molar-refractivity contribution in [2.75, 3.05) is 6.61 Å². The van der Waals surface area contributed by atoms with Crippen molar-refractivity contribution in [1.82, 2.24) is 5.01 Å². The molecule has 0 aliphatic carbocycles. The standard InChI is InChI=1S/C19H15N3O4S2/c23-19(12-26-14-7-5-13(6-8-14)22(24)25)21-16(18-4-2-10-28-18)11-15(20-21)17-3-1-9-27-17/h1-10,16H,11-12H2. The second kappa shape index (κ2) is 7.91. The Morgan fingerprint density at radius 1 is 1.18 bits per heavy atom. The van der Waals surface area contributed by atoms with Crippen LogP contribution in [-0.2, 0) is 4.79 Å². The lowest BCUT2D eigenvalue weighted by atomic mass is 10.1. The minimum Gasteiger partial charge on any atom is -0.484 e. The highest BCUT2D eigenvalue weighted by Gasteiger charge is 2.34. The molecule has 3 heterocycles. The predicted octanol–water partition coefficient (Wildman–Crippen LogP) is 4.47. The lowest BCUT2D eigenvalue weighted by Gasteiger charge is -2.20. The van der Waals surface area contributed by atoms with Crippen LogP contribution in [0.1, 0.15) is 22.2 Å². The molecule has 3 aromatic rings. The molecule has 4 rings (SSSR count). The molecular formula is C19H15N3O4S2. The Bertz CT molecular complexity index is 999. The van der Waals surface area contributed by atoms with Gasteiger partial charge in [-0.05, 0) is 35.0 Å². The first-order chi connectivity index (χ1) is 13.6. The maximum Gasteiger partial charge on any atom is 0.281 e. The molecule has 7 nitrogen and oxygen atoms in total. The fourth-order valence-corrected chi connectivity index (χ4v) is 4.44. The van der Waals surface area contributed by atoms with Crippen molar-refractivity contribution >= 4 is 40.0 Å². The molecule has 1 atom stereocenters. The first-order valence-electron chi connectivity index (χ1n) is 8.46. The number of carbonyl (C=O) groups is 1. The van der Waals surface area contributed by atoms with Crippen LogP contribution in [0.4, 0.5) is 5.69 Å². The van der Waals surface area contributed by atoms with Crippen LogP contribution in [0, 0.1) is 10.1 Å². The van der Waals surface area contributed by atoms with E-state index in [1.165, 1.54) is 29.3 Å². The van der Waals surface area contributed by atoms with Crippen molar-refractivity contribution in [2.24, 2.45) is 5.10 Å². The van der Waals surface area contributed by atoms with E-state index in [4.69, 9.17) is 4.74 Å². The molecule has 142 valence electrons. The van der Waals surface area contributed by atoms with E-state index in [2.05, 4.69) is 5.10 Å². The van der Waals surface area contributed by atoms with Gasteiger partial charge in [-0.2, -0.15) is 5.10 Å². The molecule has 1 amide bonds. The minimum absolute atomic E-state index is 0.0267. The van der Waals surface area contributed by atoms with Crippen molar-refractivity contribution in [3.8, 4) is 5.75 Å². The number of non-ortho nitro benzene ring substituents is 1. The van der Waals surface area contributed by atoms with Crippen molar-refractivity contribution in [2.45, 2.75) is 12.5 Å². The van der Waals surface area contributed by atoms with Gasteiger partial charge >= 0.3 is 0 Å². The molecule has 0 bridgehead atoms. The average Bonchev–Trinajstić information content (AvgIpc) is 3.46. The number of amides is 1. The Labute approximate surface area is 168 Å². The van der Waals surface area contributed by atoms with Crippen LogP contribution in [0.5, 0.6) is 5.75 Å². The molecule has 9 heteroatoms. The number of ether oxygens (including phenoxy) is 1. The number of nitro benzene ring substituents is 1. The van der Waals surface area contributed by atoms with Gasteiger partial charge in [-0.3, -0.25) is 14.9 Å². The quantitative estimate of drug-likeness (QED) is 0.441. The highest BCUT2D eigenvalue weighted by Crippen LogP contribution is 2.36. The van der Waals surface area contributed by atoms with Crippen LogP contribution in [0.25, 0.3) is 0 Å². The van der Waals surface area contributed by atoms with Crippen LogP contribution in [-0.4, -0.2) is 28.2 Å². The largest absolute Gasteiger partial charge is 0.484 e. The van der Waals surface area contributed by atoms with Crippen molar-refractivity contribution < 1.29 is 14.5 Å². The van der Waals surface area contributed by atoms with E-state index in [0.717, 1.165) is 15.5 Å². The summed E-state index contributed by atoms with van der Waals surface area (Å²) in [6, 6.07) is 13.4. The van der Waals surface area contributed by atoms with Crippen LogP contribution in [0.3, 0.4) is 0 Å². The average molecular weight is 413 g/mol. The second-order valence-electron chi connectivity index (χ2n) is 6.04. The van der Waals surface area contributed by atoms with E-state index in [0.29, 0.717) is 12.2 Å². The zero-order chi connectivity index (χ0) is 19.5. The van der Waals surface area contributed by atoms with Gasteiger partial charge in [0.25, 0.3) is 11.6 Å². The van der Waals surface area contributed by atoms with Gasteiger partial charge in [-0.25, -0.2) is 5.01 Å². The molecule has 1 aromatic carbocycles. The zero-order valence-electron chi connectivity index (χ0n) is 14.6. The van der Waals surface area contributed by atoms with Crippen LogP contribution in [0.15, 0.2) is 64.4 Å². The number of carbonyl (C=O) groups excluding carboxylic acids is 1. The molecule has 1 aliphatic rings. The van der Waals surface area contributed by atoms with Gasteiger partial charge in [0, 0.05) is 23.4 Å². The van der Waals surface area contributed by atoms with E-state index < -0.39 is 4.92 Å². The van der Waals surface area contributed by atoms with Gasteiger partial charge in [0.15, 0.2) is 6.61 Å². The molecular weight excluding hydrogens is 398 g/mol. The molecule has 0 radical (unpaired) electrons. The van der Waals surface area contributed by atoms with Crippen LogP contribution >= 0.6 is 22.7 Å². The fourth-order valence-electron chi connectivity index (χ4n) is 2.91. The van der Waals surface area contributed by atoms with Crippen LogP contribution in [0.2, 0.25) is 0 Å². The third-order valence-corrected chi connectivity index (χ3v) is 6.15. The van der Waals surface area contributed by atoms with E-state index >= 15 is 0 Å². The Balaban J connectivity index is 1.49. The van der Waals surface area contributed by atoms with E-state index in [-0.39, 0.29) is 24.2 Å². The normalized spacial score (nSPS) is 16.1. The van der Waals surface area contributed by atoms with E-state index in [9.17, 15) is 14.9 Å². The maximum absolute atomic E-state index is 12.8. The monoisotopic (exact) mass is 413 g/mol. The third kappa shape index (κ3) is 3.80. The highest BCUT2D eigenvalue weighted by atomic mass is 32.1.